The fourth-order valence-corrected chi connectivity index (χ4v) is 3.12. The van der Waals surface area contributed by atoms with Gasteiger partial charge >= 0.3 is 0 Å². The zero-order valence-corrected chi connectivity index (χ0v) is 14.0. The average molecular weight is 329 g/mol. The van der Waals surface area contributed by atoms with Crippen molar-refractivity contribution < 1.29 is 14.3 Å². The van der Waals surface area contributed by atoms with Crippen molar-refractivity contribution in [3.63, 3.8) is 0 Å². The molecular weight excluding hydrogens is 306 g/mol. The molecule has 1 N–H and O–H groups in total. The van der Waals surface area contributed by atoms with E-state index in [4.69, 9.17) is 9.47 Å². The van der Waals surface area contributed by atoms with E-state index in [-0.39, 0.29) is 18.1 Å². The summed E-state index contributed by atoms with van der Waals surface area (Å²) in [5.41, 5.74) is 0.836. The van der Waals surface area contributed by atoms with E-state index in [1.165, 1.54) is 0 Å². The number of rotatable bonds is 6. The molecule has 1 aliphatic rings. The van der Waals surface area contributed by atoms with Gasteiger partial charge in [-0.3, -0.25) is 4.79 Å². The van der Waals surface area contributed by atoms with Gasteiger partial charge in [0.05, 0.1) is 6.04 Å². The molecule has 1 amide bonds. The zero-order valence-electron chi connectivity index (χ0n) is 14.0. The first-order chi connectivity index (χ1) is 11.7. The Morgan fingerprint density at radius 1 is 1.46 bits per heavy atom. The lowest BCUT2D eigenvalue weighted by molar-refractivity contribution is -0.132. The second kappa shape index (κ2) is 7.59. The number of carbonyl (C=O) groups is 1. The molecule has 0 radical (unpaired) electrons. The Labute approximate surface area is 141 Å². The van der Waals surface area contributed by atoms with Crippen molar-refractivity contribution in [1.29, 1.82) is 0 Å². The van der Waals surface area contributed by atoms with Gasteiger partial charge in [-0.05, 0) is 18.9 Å². The normalized spacial score (nSPS) is 21.6. The molecule has 3 rings (SSSR count). The number of hydrogen-bond donors (Lipinski definition) is 1. The fourth-order valence-electron chi connectivity index (χ4n) is 3.12. The Bertz CT molecular complexity index is 671. The van der Waals surface area contributed by atoms with E-state index in [0.717, 1.165) is 24.4 Å². The van der Waals surface area contributed by atoms with E-state index in [0.29, 0.717) is 6.61 Å². The lowest BCUT2D eigenvalue weighted by Crippen LogP contribution is -2.40. The van der Waals surface area contributed by atoms with Crippen molar-refractivity contribution in [2.24, 2.45) is 0 Å². The third kappa shape index (κ3) is 3.34. The smallest absolute Gasteiger partial charge is 0.254 e. The maximum atomic E-state index is 12.7. The number of methoxy groups -OCH3 is 1. The second-order valence-electron chi connectivity index (χ2n) is 5.79. The van der Waals surface area contributed by atoms with Gasteiger partial charge < -0.3 is 19.4 Å². The van der Waals surface area contributed by atoms with E-state index in [2.05, 4.69) is 17.2 Å². The molecule has 1 aromatic carbocycles. The monoisotopic (exact) mass is 329 g/mol. The molecule has 1 fully saturated rings. The van der Waals surface area contributed by atoms with Crippen LogP contribution in [0.1, 0.15) is 36.9 Å². The summed E-state index contributed by atoms with van der Waals surface area (Å²) in [6.45, 7) is 3.49. The summed E-state index contributed by atoms with van der Waals surface area (Å²) in [6.07, 6.45) is 3.60. The van der Waals surface area contributed by atoms with Crippen molar-refractivity contribution in [3.05, 3.63) is 54.1 Å². The van der Waals surface area contributed by atoms with Crippen LogP contribution in [0.25, 0.3) is 0 Å². The van der Waals surface area contributed by atoms with Crippen molar-refractivity contribution >= 4 is 5.91 Å². The van der Waals surface area contributed by atoms with Crippen LogP contribution in [0.15, 0.2) is 42.7 Å². The maximum absolute atomic E-state index is 12.7. The summed E-state index contributed by atoms with van der Waals surface area (Å²) < 4.78 is 13.3. The highest BCUT2D eigenvalue weighted by Gasteiger charge is 2.35. The van der Waals surface area contributed by atoms with Crippen molar-refractivity contribution in [1.82, 2.24) is 14.9 Å². The van der Waals surface area contributed by atoms with Crippen molar-refractivity contribution in [3.8, 4) is 0 Å². The van der Waals surface area contributed by atoms with Crippen LogP contribution in [0.2, 0.25) is 0 Å². The summed E-state index contributed by atoms with van der Waals surface area (Å²) in [5.74, 6) is 0.702. The average Bonchev–Trinajstić information content (AvgIpc) is 3.24. The maximum Gasteiger partial charge on any atom is 0.254 e. The number of aryl methyl sites for hydroxylation is 1. The first kappa shape index (κ1) is 16.7. The van der Waals surface area contributed by atoms with E-state index in [1.807, 2.05) is 41.1 Å². The highest BCUT2D eigenvalue weighted by Crippen LogP contribution is 2.29. The van der Waals surface area contributed by atoms with Gasteiger partial charge in [-0.1, -0.05) is 30.3 Å². The number of aromatic nitrogens is 2. The number of imidazole rings is 1. The molecule has 1 saturated heterocycles. The number of nitrogens with one attached hydrogen (secondary N) is 1. The molecule has 0 saturated carbocycles. The predicted molar refractivity (Wildman–Crippen MR) is 89.3 cm³/mol. The van der Waals surface area contributed by atoms with E-state index in [9.17, 15) is 4.79 Å². The largest absolute Gasteiger partial charge is 0.368 e. The number of ether oxygens (including phenoxy) is 2. The molecule has 2 aromatic rings. The Morgan fingerprint density at radius 3 is 2.96 bits per heavy atom. The van der Waals surface area contributed by atoms with Crippen LogP contribution in [0.4, 0.5) is 0 Å². The van der Waals surface area contributed by atoms with Crippen LogP contribution in [0.3, 0.4) is 0 Å². The Kier molecular flexibility index (Phi) is 5.27. The quantitative estimate of drug-likeness (QED) is 0.883. The molecule has 0 bridgehead atoms. The summed E-state index contributed by atoms with van der Waals surface area (Å²) in [7, 11) is 1.55. The molecule has 1 unspecified atom stereocenters. The van der Waals surface area contributed by atoms with Gasteiger partial charge in [-0.15, -0.1) is 0 Å². The minimum atomic E-state index is -0.627. The van der Waals surface area contributed by atoms with Gasteiger partial charge in [0.25, 0.3) is 5.91 Å². The highest BCUT2D eigenvalue weighted by molar-refractivity contribution is 5.82. The summed E-state index contributed by atoms with van der Waals surface area (Å²) in [5, 5.41) is 3.08. The molecular formula is C18H23N3O3. The van der Waals surface area contributed by atoms with Crippen molar-refractivity contribution in [2.75, 3.05) is 13.7 Å². The summed E-state index contributed by atoms with van der Waals surface area (Å²) >= 11 is 0. The van der Waals surface area contributed by atoms with Crippen LogP contribution >= 0.6 is 0 Å². The molecule has 6 heteroatoms. The number of hydrogen-bond acceptors (Lipinski definition) is 4. The lowest BCUT2D eigenvalue weighted by Gasteiger charge is -2.23. The summed E-state index contributed by atoms with van der Waals surface area (Å²) in [4.78, 5) is 17.1. The summed E-state index contributed by atoms with van der Waals surface area (Å²) in [6, 6.07) is 9.38. The topological polar surface area (TPSA) is 65.4 Å². The SMILES string of the molecule is CCn1ccnc1[C@H]1OCC[C@@H]1NC(=O)C(OC)c1ccccc1. The van der Waals surface area contributed by atoms with Crippen LogP contribution in [-0.4, -0.2) is 35.2 Å². The molecule has 1 aliphatic heterocycles. The van der Waals surface area contributed by atoms with Crippen LogP contribution in [-0.2, 0) is 20.8 Å². The van der Waals surface area contributed by atoms with E-state index in [1.54, 1.807) is 13.3 Å². The molecule has 128 valence electrons. The van der Waals surface area contributed by atoms with E-state index >= 15 is 0 Å². The molecule has 24 heavy (non-hydrogen) atoms. The molecule has 1 aromatic heterocycles. The first-order valence-electron chi connectivity index (χ1n) is 8.25. The van der Waals surface area contributed by atoms with Gasteiger partial charge in [-0.25, -0.2) is 4.98 Å². The molecule has 2 heterocycles. The standard InChI is InChI=1S/C18H23N3O3/c1-3-21-11-10-19-17(21)16-14(9-12-24-16)20-18(22)15(23-2)13-7-5-4-6-8-13/h4-8,10-11,14-16H,3,9,12H2,1-2H3,(H,20,22)/t14-,15?,16-/m0/s1. The molecule has 3 atom stereocenters. The first-order valence-corrected chi connectivity index (χ1v) is 8.25. The molecule has 6 nitrogen and oxygen atoms in total. The minimum Gasteiger partial charge on any atom is -0.368 e. The zero-order chi connectivity index (χ0) is 16.9. The fraction of sp³-hybridized carbons (Fsp3) is 0.444. The van der Waals surface area contributed by atoms with E-state index < -0.39 is 6.10 Å². The molecule has 0 aliphatic carbocycles. The Hall–Kier alpha value is -2.18. The van der Waals surface area contributed by atoms with Crippen LogP contribution < -0.4 is 5.32 Å². The predicted octanol–water partition coefficient (Wildman–Crippen LogP) is 2.24. The number of nitrogens with zero attached hydrogens (tertiary/aromatic N) is 2. The van der Waals surface area contributed by atoms with Gasteiger partial charge in [0, 0.05) is 32.7 Å². The molecule has 0 spiro atoms. The van der Waals surface area contributed by atoms with Crippen molar-refractivity contribution in [2.45, 2.75) is 38.1 Å². The van der Waals surface area contributed by atoms with Gasteiger partial charge in [0.15, 0.2) is 6.10 Å². The third-order valence-electron chi connectivity index (χ3n) is 4.34. The van der Waals surface area contributed by atoms with Gasteiger partial charge in [0.1, 0.15) is 11.9 Å². The van der Waals surface area contributed by atoms with Gasteiger partial charge in [-0.2, -0.15) is 0 Å². The Balaban J connectivity index is 1.73. The lowest BCUT2D eigenvalue weighted by atomic mass is 10.1. The highest BCUT2D eigenvalue weighted by atomic mass is 16.5. The Morgan fingerprint density at radius 2 is 2.25 bits per heavy atom. The second-order valence-corrected chi connectivity index (χ2v) is 5.79. The minimum absolute atomic E-state index is 0.105. The van der Waals surface area contributed by atoms with Crippen LogP contribution in [0.5, 0.6) is 0 Å². The number of carbonyl (C=O) groups excluding carboxylic acids is 1. The number of amides is 1. The number of benzene rings is 1. The third-order valence-corrected chi connectivity index (χ3v) is 4.34. The van der Waals surface area contributed by atoms with Gasteiger partial charge in [0.2, 0.25) is 0 Å². The van der Waals surface area contributed by atoms with Crippen LogP contribution in [0, 0.1) is 0 Å².